The highest BCUT2D eigenvalue weighted by molar-refractivity contribution is 7.90. The maximum absolute atomic E-state index is 11.7. The van der Waals surface area contributed by atoms with Crippen LogP contribution in [0.1, 0.15) is 25.0 Å². The first-order valence-corrected chi connectivity index (χ1v) is 9.56. The van der Waals surface area contributed by atoms with E-state index in [2.05, 4.69) is 0 Å². The van der Waals surface area contributed by atoms with Gasteiger partial charge in [0, 0.05) is 11.8 Å². The van der Waals surface area contributed by atoms with Gasteiger partial charge in [-0.25, -0.2) is 8.42 Å². The molecule has 0 bridgehead atoms. The topological polar surface area (TPSA) is 63.6 Å². The molecule has 0 amide bonds. The van der Waals surface area contributed by atoms with Crippen molar-refractivity contribution in [3.63, 3.8) is 0 Å². The lowest BCUT2D eigenvalue weighted by Gasteiger charge is -2.22. The number of aliphatic hydroxyl groups excluding tert-OH is 1. The van der Waals surface area contributed by atoms with Crippen LogP contribution in [0, 0.1) is 0 Å². The largest absolute Gasteiger partial charge is 0.364 e. The van der Waals surface area contributed by atoms with E-state index in [0.717, 1.165) is 16.7 Å². The fourth-order valence-electron chi connectivity index (χ4n) is 3.12. The molecule has 126 valence electrons. The van der Waals surface area contributed by atoms with Gasteiger partial charge in [-0.05, 0) is 42.7 Å². The van der Waals surface area contributed by atoms with Crippen molar-refractivity contribution >= 4 is 21.0 Å². The molecule has 0 aliphatic carbocycles. The maximum Gasteiger partial charge on any atom is 0.183 e. The summed E-state index contributed by atoms with van der Waals surface area (Å²) < 4.78 is 29.1. The van der Waals surface area contributed by atoms with E-state index in [9.17, 15) is 13.5 Å². The Kier molecular flexibility index (Phi) is 4.11. The minimum Gasteiger partial charge on any atom is -0.364 e. The van der Waals surface area contributed by atoms with Crippen LogP contribution >= 0.6 is 0 Å². The number of benzene rings is 2. The smallest absolute Gasteiger partial charge is 0.183 e. The Morgan fingerprint density at radius 3 is 2.08 bits per heavy atom. The molecule has 5 heteroatoms. The van der Waals surface area contributed by atoms with E-state index >= 15 is 0 Å². The molecule has 0 saturated carbocycles. The van der Waals surface area contributed by atoms with Gasteiger partial charge in [0.1, 0.15) is 0 Å². The Balaban J connectivity index is 2.19. The van der Waals surface area contributed by atoms with Gasteiger partial charge in [-0.3, -0.25) is 0 Å². The number of hydrogen-bond acceptors (Lipinski definition) is 4. The molecule has 1 unspecified atom stereocenters. The number of sulfone groups is 1. The van der Waals surface area contributed by atoms with Crippen LogP contribution < -0.4 is 0 Å². The van der Waals surface area contributed by atoms with E-state index in [1.165, 1.54) is 6.26 Å². The van der Waals surface area contributed by atoms with E-state index in [0.29, 0.717) is 5.57 Å². The van der Waals surface area contributed by atoms with Gasteiger partial charge in [-0.2, -0.15) is 0 Å². The SMILES string of the molecule is CC1(C)OC(O)C(c2ccccc2)=C1c1ccc(S(C)(=O)=O)cc1. The molecule has 0 spiro atoms. The maximum atomic E-state index is 11.7. The highest BCUT2D eigenvalue weighted by atomic mass is 32.2. The van der Waals surface area contributed by atoms with E-state index < -0.39 is 21.7 Å². The standard InChI is InChI=1S/C19H20O4S/c1-19(2)17(14-9-11-15(12-10-14)24(3,21)22)16(18(20)23-19)13-7-5-4-6-8-13/h4-12,18,20H,1-3H3. The van der Waals surface area contributed by atoms with E-state index in [4.69, 9.17) is 4.74 Å². The average Bonchev–Trinajstić information content (AvgIpc) is 2.76. The molecule has 24 heavy (non-hydrogen) atoms. The monoisotopic (exact) mass is 344 g/mol. The lowest BCUT2D eigenvalue weighted by Crippen LogP contribution is -2.24. The molecule has 0 saturated heterocycles. The third-order valence-electron chi connectivity index (χ3n) is 4.18. The normalized spacial score (nSPS) is 20.4. The average molecular weight is 344 g/mol. The summed E-state index contributed by atoms with van der Waals surface area (Å²) in [5.41, 5.74) is 2.62. The molecule has 0 fully saturated rings. The molecule has 1 atom stereocenters. The molecule has 2 aromatic carbocycles. The first-order valence-electron chi connectivity index (χ1n) is 7.66. The summed E-state index contributed by atoms with van der Waals surface area (Å²) in [6.45, 7) is 3.79. The Morgan fingerprint density at radius 1 is 0.958 bits per heavy atom. The van der Waals surface area contributed by atoms with Crippen molar-refractivity contribution in [3.8, 4) is 0 Å². The third kappa shape index (κ3) is 3.02. The van der Waals surface area contributed by atoms with Gasteiger partial charge in [-0.15, -0.1) is 0 Å². The van der Waals surface area contributed by atoms with Crippen LogP contribution in [0.15, 0.2) is 59.5 Å². The van der Waals surface area contributed by atoms with Crippen LogP contribution in [0.4, 0.5) is 0 Å². The minimum absolute atomic E-state index is 0.269. The molecule has 1 aliphatic rings. The Morgan fingerprint density at radius 2 is 1.54 bits per heavy atom. The zero-order valence-corrected chi connectivity index (χ0v) is 14.7. The molecule has 1 N–H and O–H groups in total. The molecular formula is C19H20O4S. The number of rotatable bonds is 3. The second kappa shape index (κ2) is 5.84. The molecule has 2 aromatic rings. The lowest BCUT2D eigenvalue weighted by molar-refractivity contribution is -0.101. The zero-order valence-electron chi connectivity index (χ0n) is 13.9. The predicted octanol–water partition coefficient (Wildman–Crippen LogP) is 3.13. The highest BCUT2D eigenvalue weighted by Crippen LogP contribution is 2.45. The molecule has 1 aliphatic heterocycles. The molecule has 4 nitrogen and oxygen atoms in total. The summed E-state index contributed by atoms with van der Waals surface area (Å²) in [7, 11) is -3.25. The van der Waals surface area contributed by atoms with Crippen LogP contribution in [0.5, 0.6) is 0 Å². The third-order valence-corrected chi connectivity index (χ3v) is 5.31. The van der Waals surface area contributed by atoms with Crippen molar-refractivity contribution in [1.82, 2.24) is 0 Å². The lowest BCUT2D eigenvalue weighted by atomic mass is 9.87. The van der Waals surface area contributed by atoms with Gasteiger partial charge in [0.15, 0.2) is 16.1 Å². The fraction of sp³-hybridized carbons (Fsp3) is 0.263. The van der Waals surface area contributed by atoms with E-state index in [1.54, 1.807) is 24.3 Å². The van der Waals surface area contributed by atoms with Gasteiger partial charge in [-0.1, -0.05) is 42.5 Å². The Labute approximate surface area is 142 Å². The Hall–Kier alpha value is -1.95. The van der Waals surface area contributed by atoms with Gasteiger partial charge in [0.25, 0.3) is 0 Å². The fourth-order valence-corrected chi connectivity index (χ4v) is 3.75. The quantitative estimate of drug-likeness (QED) is 0.929. The number of hydrogen-bond donors (Lipinski definition) is 1. The van der Waals surface area contributed by atoms with Crippen molar-refractivity contribution in [1.29, 1.82) is 0 Å². The van der Waals surface area contributed by atoms with Crippen LogP contribution in [0.2, 0.25) is 0 Å². The molecule has 0 radical (unpaired) electrons. The summed E-state index contributed by atoms with van der Waals surface area (Å²) >= 11 is 0. The summed E-state index contributed by atoms with van der Waals surface area (Å²) in [4.78, 5) is 0.269. The summed E-state index contributed by atoms with van der Waals surface area (Å²) in [5.74, 6) is 0. The van der Waals surface area contributed by atoms with Crippen molar-refractivity contribution in [2.75, 3.05) is 6.26 Å². The number of ether oxygens (including phenoxy) is 1. The second-order valence-corrected chi connectivity index (χ2v) is 8.45. The van der Waals surface area contributed by atoms with Gasteiger partial charge in [0.05, 0.1) is 10.5 Å². The zero-order chi connectivity index (χ0) is 17.5. The highest BCUT2D eigenvalue weighted by Gasteiger charge is 2.40. The molecule has 0 aromatic heterocycles. The number of aliphatic hydroxyl groups is 1. The van der Waals surface area contributed by atoms with Gasteiger partial charge < -0.3 is 9.84 Å². The van der Waals surface area contributed by atoms with Crippen LogP contribution in [0.3, 0.4) is 0 Å². The molecule has 1 heterocycles. The van der Waals surface area contributed by atoms with Crippen LogP contribution in [0.25, 0.3) is 11.1 Å². The first kappa shape index (κ1) is 16.9. The van der Waals surface area contributed by atoms with Crippen molar-refractivity contribution in [2.45, 2.75) is 30.6 Å². The minimum atomic E-state index is -3.25. The van der Waals surface area contributed by atoms with Crippen molar-refractivity contribution < 1.29 is 18.3 Å². The van der Waals surface area contributed by atoms with Crippen LogP contribution in [-0.2, 0) is 14.6 Å². The van der Waals surface area contributed by atoms with E-state index in [1.807, 2.05) is 44.2 Å². The molecule has 3 rings (SSSR count). The van der Waals surface area contributed by atoms with E-state index in [-0.39, 0.29) is 4.90 Å². The second-order valence-electron chi connectivity index (χ2n) is 6.43. The van der Waals surface area contributed by atoms with Gasteiger partial charge in [0.2, 0.25) is 0 Å². The summed E-state index contributed by atoms with van der Waals surface area (Å²) in [6, 6.07) is 16.3. The Bertz CT molecular complexity index is 879. The first-order chi connectivity index (χ1) is 11.2. The van der Waals surface area contributed by atoms with Crippen molar-refractivity contribution in [2.24, 2.45) is 0 Å². The summed E-state index contributed by atoms with van der Waals surface area (Å²) in [6.07, 6.45) is 0.162. The molecular weight excluding hydrogens is 324 g/mol. The van der Waals surface area contributed by atoms with Gasteiger partial charge >= 0.3 is 0 Å². The predicted molar refractivity (Wildman–Crippen MR) is 94.0 cm³/mol. The van der Waals surface area contributed by atoms with Crippen molar-refractivity contribution in [3.05, 3.63) is 65.7 Å². The van der Waals surface area contributed by atoms with Crippen LogP contribution in [-0.4, -0.2) is 31.7 Å². The summed E-state index contributed by atoms with van der Waals surface area (Å²) in [5, 5.41) is 10.4.